The predicted molar refractivity (Wildman–Crippen MR) is 134 cm³/mol. The summed E-state index contributed by atoms with van der Waals surface area (Å²) in [4.78, 5) is 18.2. The molecule has 0 aromatic heterocycles. The van der Waals surface area contributed by atoms with Gasteiger partial charge < -0.3 is 15.5 Å². The number of nitrogens with one attached hydrogen (secondary N) is 2. The van der Waals surface area contributed by atoms with Gasteiger partial charge in [0.05, 0.1) is 0 Å². The maximum Gasteiger partial charge on any atom is 0.222 e. The van der Waals surface area contributed by atoms with Crippen molar-refractivity contribution in [2.24, 2.45) is 4.99 Å². The lowest BCUT2D eigenvalue weighted by Crippen LogP contribution is -2.43. The monoisotopic (exact) mass is 520 g/mol. The summed E-state index contributed by atoms with van der Waals surface area (Å²) < 4.78 is 0. The number of guanidine groups is 1. The zero-order chi connectivity index (χ0) is 20.7. The van der Waals surface area contributed by atoms with Gasteiger partial charge in [0.25, 0.3) is 0 Å². The third kappa shape index (κ3) is 6.72. The summed E-state index contributed by atoms with van der Waals surface area (Å²) in [5.41, 5.74) is 3.65. The second-order valence-corrected chi connectivity index (χ2v) is 8.27. The Hall–Kier alpha value is -2.09. The number of hydrogen-bond donors (Lipinski definition) is 2. The van der Waals surface area contributed by atoms with Crippen LogP contribution in [0.25, 0.3) is 0 Å². The van der Waals surface area contributed by atoms with Crippen molar-refractivity contribution >= 4 is 35.8 Å². The number of hydrogen-bond acceptors (Lipinski definition) is 2. The SMILES string of the molecule is CN=C(NCc1cccc(CN2CCCC2=O)c1)NCC(C)(C)c1ccccc1.I. The van der Waals surface area contributed by atoms with E-state index in [0.29, 0.717) is 19.5 Å². The average molecular weight is 520 g/mol. The molecular weight excluding hydrogens is 487 g/mol. The molecule has 162 valence electrons. The van der Waals surface area contributed by atoms with Crippen molar-refractivity contribution < 1.29 is 4.79 Å². The number of rotatable bonds is 7. The molecule has 0 atom stereocenters. The highest BCUT2D eigenvalue weighted by Gasteiger charge is 2.21. The van der Waals surface area contributed by atoms with E-state index in [1.165, 1.54) is 16.7 Å². The number of halogens is 1. The van der Waals surface area contributed by atoms with Gasteiger partial charge in [-0.15, -0.1) is 24.0 Å². The summed E-state index contributed by atoms with van der Waals surface area (Å²) in [6.07, 6.45) is 1.66. The zero-order valence-corrected chi connectivity index (χ0v) is 20.5. The number of aliphatic imine (C=N–C) groups is 1. The van der Waals surface area contributed by atoms with Gasteiger partial charge in [-0.2, -0.15) is 0 Å². The molecule has 30 heavy (non-hydrogen) atoms. The standard InChI is InChI=1S/C24H32N4O.HI/c1-24(2,21-11-5-4-6-12-21)18-27-23(25-3)26-16-19-9-7-10-20(15-19)17-28-14-8-13-22(28)29;/h4-7,9-12,15H,8,13-14,16-18H2,1-3H3,(H2,25,26,27);1H. The molecule has 1 heterocycles. The molecule has 0 saturated carbocycles. The normalized spacial score (nSPS) is 14.4. The van der Waals surface area contributed by atoms with E-state index in [0.717, 1.165) is 25.5 Å². The van der Waals surface area contributed by atoms with Gasteiger partial charge in [-0.1, -0.05) is 68.4 Å². The molecule has 1 amide bonds. The molecule has 2 N–H and O–H groups in total. The highest BCUT2D eigenvalue weighted by atomic mass is 127. The van der Waals surface area contributed by atoms with Crippen LogP contribution in [0.5, 0.6) is 0 Å². The van der Waals surface area contributed by atoms with Crippen LogP contribution >= 0.6 is 24.0 Å². The Kier molecular flexibility index (Phi) is 9.14. The minimum Gasteiger partial charge on any atom is -0.356 e. The zero-order valence-electron chi connectivity index (χ0n) is 18.1. The van der Waals surface area contributed by atoms with Crippen molar-refractivity contribution in [2.45, 2.75) is 45.2 Å². The van der Waals surface area contributed by atoms with Gasteiger partial charge in [0.1, 0.15) is 0 Å². The van der Waals surface area contributed by atoms with Gasteiger partial charge in [-0.3, -0.25) is 9.79 Å². The molecule has 0 radical (unpaired) electrons. The smallest absolute Gasteiger partial charge is 0.222 e. The van der Waals surface area contributed by atoms with Crippen molar-refractivity contribution in [2.75, 3.05) is 20.1 Å². The first-order chi connectivity index (χ1) is 14.0. The van der Waals surface area contributed by atoms with Crippen LogP contribution in [0.15, 0.2) is 59.6 Å². The number of likely N-dealkylation sites (tertiary alicyclic amines) is 1. The Morgan fingerprint density at radius 3 is 2.47 bits per heavy atom. The Morgan fingerprint density at radius 1 is 1.07 bits per heavy atom. The Balaban J connectivity index is 0.00000320. The van der Waals surface area contributed by atoms with Crippen molar-refractivity contribution in [1.82, 2.24) is 15.5 Å². The quantitative estimate of drug-likeness (QED) is 0.329. The lowest BCUT2D eigenvalue weighted by molar-refractivity contribution is -0.128. The third-order valence-corrected chi connectivity index (χ3v) is 5.47. The molecule has 1 aliphatic rings. The highest BCUT2D eigenvalue weighted by Crippen LogP contribution is 2.21. The van der Waals surface area contributed by atoms with E-state index in [1.807, 2.05) is 11.0 Å². The fraction of sp³-hybridized carbons (Fsp3) is 0.417. The van der Waals surface area contributed by atoms with E-state index in [9.17, 15) is 4.79 Å². The van der Waals surface area contributed by atoms with E-state index in [1.54, 1.807) is 7.05 Å². The van der Waals surface area contributed by atoms with Crippen LogP contribution in [0.3, 0.4) is 0 Å². The van der Waals surface area contributed by atoms with Crippen LogP contribution in [-0.2, 0) is 23.3 Å². The molecule has 0 bridgehead atoms. The van der Waals surface area contributed by atoms with Crippen LogP contribution in [0.1, 0.15) is 43.4 Å². The Bertz CT molecular complexity index is 851. The molecule has 2 aromatic rings. The summed E-state index contributed by atoms with van der Waals surface area (Å²) in [6.45, 7) is 7.50. The predicted octanol–water partition coefficient (Wildman–Crippen LogP) is 4.07. The van der Waals surface area contributed by atoms with Crippen LogP contribution in [0.2, 0.25) is 0 Å². The number of amides is 1. The van der Waals surface area contributed by atoms with Crippen molar-refractivity contribution in [3.8, 4) is 0 Å². The van der Waals surface area contributed by atoms with Crippen LogP contribution in [0, 0.1) is 0 Å². The summed E-state index contributed by atoms with van der Waals surface area (Å²) in [7, 11) is 1.79. The molecule has 0 aliphatic carbocycles. The first-order valence-electron chi connectivity index (χ1n) is 10.3. The fourth-order valence-corrected chi connectivity index (χ4v) is 3.63. The number of benzene rings is 2. The van der Waals surface area contributed by atoms with E-state index in [2.05, 4.69) is 78.0 Å². The summed E-state index contributed by atoms with van der Waals surface area (Å²) >= 11 is 0. The maximum atomic E-state index is 11.9. The van der Waals surface area contributed by atoms with Gasteiger partial charge in [-0.05, 0) is 23.1 Å². The first-order valence-corrected chi connectivity index (χ1v) is 10.3. The van der Waals surface area contributed by atoms with E-state index >= 15 is 0 Å². The fourth-order valence-electron chi connectivity index (χ4n) is 3.63. The lowest BCUT2D eigenvalue weighted by Gasteiger charge is -2.26. The minimum absolute atomic E-state index is 0. The molecule has 1 fully saturated rings. The number of nitrogens with zero attached hydrogens (tertiary/aromatic N) is 2. The van der Waals surface area contributed by atoms with Gasteiger partial charge in [0.15, 0.2) is 5.96 Å². The molecule has 1 aliphatic heterocycles. The van der Waals surface area contributed by atoms with Crippen molar-refractivity contribution in [3.63, 3.8) is 0 Å². The van der Waals surface area contributed by atoms with Gasteiger partial charge in [0, 0.05) is 45.1 Å². The average Bonchev–Trinajstić information content (AvgIpc) is 3.13. The second kappa shape index (κ2) is 11.3. The van der Waals surface area contributed by atoms with Crippen LogP contribution in [-0.4, -0.2) is 36.9 Å². The summed E-state index contributed by atoms with van der Waals surface area (Å²) in [5.74, 6) is 1.05. The Morgan fingerprint density at radius 2 is 1.80 bits per heavy atom. The van der Waals surface area contributed by atoms with Crippen LogP contribution in [0.4, 0.5) is 0 Å². The molecule has 2 aromatic carbocycles. The van der Waals surface area contributed by atoms with Gasteiger partial charge in [0.2, 0.25) is 5.91 Å². The Labute approximate surface area is 197 Å². The van der Waals surface area contributed by atoms with Crippen molar-refractivity contribution in [1.29, 1.82) is 0 Å². The molecule has 6 heteroatoms. The molecule has 1 saturated heterocycles. The van der Waals surface area contributed by atoms with E-state index in [-0.39, 0.29) is 35.3 Å². The summed E-state index contributed by atoms with van der Waals surface area (Å²) in [5, 5.41) is 6.84. The molecular formula is C24H33IN4O. The van der Waals surface area contributed by atoms with Gasteiger partial charge >= 0.3 is 0 Å². The molecule has 5 nitrogen and oxygen atoms in total. The molecule has 0 spiro atoms. The second-order valence-electron chi connectivity index (χ2n) is 8.27. The lowest BCUT2D eigenvalue weighted by atomic mass is 9.85. The topological polar surface area (TPSA) is 56.7 Å². The number of carbonyl (C=O) groups is 1. The largest absolute Gasteiger partial charge is 0.356 e. The molecule has 3 rings (SSSR count). The minimum atomic E-state index is 0. The van der Waals surface area contributed by atoms with E-state index < -0.39 is 0 Å². The number of carbonyl (C=O) groups excluding carboxylic acids is 1. The summed E-state index contributed by atoms with van der Waals surface area (Å²) in [6, 6.07) is 18.9. The van der Waals surface area contributed by atoms with E-state index in [4.69, 9.17) is 0 Å². The highest BCUT2D eigenvalue weighted by molar-refractivity contribution is 14.0. The first kappa shape index (κ1) is 24.2. The molecule has 0 unspecified atom stereocenters. The van der Waals surface area contributed by atoms with Crippen molar-refractivity contribution in [3.05, 3.63) is 71.3 Å². The van der Waals surface area contributed by atoms with Gasteiger partial charge in [-0.25, -0.2) is 0 Å². The third-order valence-electron chi connectivity index (χ3n) is 5.47. The maximum absolute atomic E-state index is 11.9. The van der Waals surface area contributed by atoms with Crippen LogP contribution < -0.4 is 10.6 Å².